The molecule has 2 aromatic rings. The van der Waals surface area contributed by atoms with Crippen molar-refractivity contribution in [2.24, 2.45) is 28.9 Å². The number of hydrogen-bond donors (Lipinski definition) is 2. The number of hydrogen-bond acceptors (Lipinski definition) is 9. The van der Waals surface area contributed by atoms with Crippen molar-refractivity contribution in [2.45, 2.75) is 45.1 Å². The first-order chi connectivity index (χ1) is 21.2. The fraction of sp³-hybridized carbons (Fsp3) is 0.581. The molecule has 3 heterocycles. The van der Waals surface area contributed by atoms with Gasteiger partial charge in [0.1, 0.15) is 5.82 Å². The van der Waals surface area contributed by atoms with E-state index in [-0.39, 0.29) is 29.5 Å². The molecule has 3 N–H and O–H groups in total. The molecule has 5 fully saturated rings. The zero-order valence-corrected chi connectivity index (χ0v) is 25.9. The second-order valence-electron chi connectivity index (χ2n) is 13.1. The van der Waals surface area contributed by atoms with Crippen LogP contribution >= 0.6 is 0 Å². The highest BCUT2D eigenvalue weighted by molar-refractivity contribution is 7.89. The number of amides is 2. The number of nitrogens with one attached hydrogen (secondary N) is 1. The van der Waals surface area contributed by atoms with Crippen molar-refractivity contribution in [3.63, 3.8) is 0 Å². The molecule has 236 valence electrons. The summed E-state index contributed by atoms with van der Waals surface area (Å²) in [5.41, 5.74) is 8.07. The molecule has 2 aliphatic heterocycles. The van der Waals surface area contributed by atoms with Gasteiger partial charge in [0.05, 0.1) is 35.6 Å². The van der Waals surface area contributed by atoms with Crippen LogP contribution in [0.25, 0.3) is 0 Å². The summed E-state index contributed by atoms with van der Waals surface area (Å²) in [6.07, 6.45) is 5.84. The summed E-state index contributed by atoms with van der Waals surface area (Å²) in [6, 6.07) is 11.8. The van der Waals surface area contributed by atoms with E-state index in [9.17, 15) is 18.0 Å². The number of nitrogens with zero attached hydrogens (tertiary/aromatic N) is 5. The molecule has 1 aromatic heterocycles. The van der Waals surface area contributed by atoms with Crippen LogP contribution in [0.1, 0.15) is 39.0 Å². The van der Waals surface area contributed by atoms with Gasteiger partial charge in [-0.25, -0.2) is 23.3 Å². The van der Waals surface area contributed by atoms with Crippen LogP contribution in [-0.4, -0.2) is 80.8 Å². The predicted molar refractivity (Wildman–Crippen MR) is 167 cm³/mol. The van der Waals surface area contributed by atoms with Crippen LogP contribution in [0.2, 0.25) is 0 Å². The van der Waals surface area contributed by atoms with Gasteiger partial charge in [-0.05, 0) is 81.0 Å². The molecule has 5 atom stereocenters. The number of carbonyl (C=O) groups excluding carboxylic acids is 2. The van der Waals surface area contributed by atoms with Crippen LogP contribution in [0.4, 0.5) is 27.7 Å². The van der Waals surface area contributed by atoms with Gasteiger partial charge in [0, 0.05) is 44.2 Å². The number of nitrogens with two attached hydrogens (primary N) is 1. The maximum Gasteiger partial charge on any atom is 0.431 e. The lowest BCUT2D eigenvalue weighted by molar-refractivity contribution is -0.145. The Kier molecular flexibility index (Phi) is 7.35. The van der Waals surface area contributed by atoms with Crippen LogP contribution < -0.4 is 25.9 Å². The number of piperazine rings is 1. The van der Waals surface area contributed by atoms with Gasteiger partial charge < -0.3 is 25.7 Å². The minimum absolute atomic E-state index is 0.00444. The summed E-state index contributed by atoms with van der Waals surface area (Å²) in [5.74, 6) is 1.76. The molecule has 0 spiro atoms. The van der Waals surface area contributed by atoms with Crippen molar-refractivity contribution in [1.82, 2.24) is 14.6 Å². The molecule has 4 aliphatic carbocycles. The number of aromatic nitrogens is 1. The second-order valence-corrected chi connectivity index (χ2v) is 15.3. The van der Waals surface area contributed by atoms with Gasteiger partial charge >= 0.3 is 6.09 Å². The molecule has 1 aromatic carbocycles. The number of carbonyl (C=O) groups is 2. The lowest BCUT2D eigenvalue weighted by atomic mass is 9.47. The lowest BCUT2D eigenvalue weighted by Crippen LogP contribution is -2.62. The summed E-state index contributed by atoms with van der Waals surface area (Å²) in [4.78, 5) is 40.5. The Labute approximate surface area is 258 Å². The number of fused-ring (bicyclic) bond motifs is 1. The highest BCUT2D eigenvalue weighted by atomic mass is 32.2. The smallest absolute Gasteiger partial charge is 0.369 e. The van der Waals surface area contributed by atoms with E-state index in [1.165, 1.54) is 0 Å². The average molecular weight is 624 g/mol. The van der Waals surface area contributed by atoms with Gasteiger partial charge in [-0.1, -0.05) is 12.1 Å². The third-order valence-electron chi connectivity index (χ3n) is 10.6. The molecule has 2 amide bonds. The van der Waals surface area contributed by atoms with Gasteiger partial charge in [-0.15, -0.1) is 0 Å². The minimum Gasteiger partial charge on any atom is -0.369 e. The molecule has 0 radical (unpaired) electrons. The van der Waals surface area contributed by atoms with Crippen LogP contribution in [0.15, 0.2) is 42.6 Å². The van der Waals surface area contributed by atoms with E-state index in [1.54, 1.807) is 16.3 Å². The summed E-state index contributed by atoms with van der Waals surface area (Å²) >= 11 is 0. The van der Waals surface area contributed by atoms with Crippen molar-refractivity contribution in [3.8, 4) is 0 Å². The molecule has 13 heteroatoms. The summed E-state index contributed by atoms with van der Waals surface area (Å²) in [6.45, 7) is 4.89. The Morgan fingerprint density at radius 2 is 1.68 bits per heavy atom. The Bertz CT molecular complexity index is 1510. The van der Waals surface area contributed by atoms with Crippen LogP contribution in [0, 0.1) is 23.2 Å². The Morgan fingerprint density at radius 1 is 0.977 bits per heavy atom. The number of benzene rings is 1. The first-order valence-corrected chi connectivity index (χ1v) is 17.4. The van der Waals surface area contributed by atoms with E-state index < -0.39 is 21.5 Å². The Morgan fingerprint density at radius 3 is 2.32 bits per heavy atom. The molecule has 4 saturated carbocycles. The van der Waals surface area contributed by atoms with Gasteiger partial charge in [0.2, 0.25) is 15.9 Å². The molecular formula is C31H41N7O5S. The zero-order valence-electron chi connectivity index (χ0n) is 25.1. The van der Waals surface area contributed by atoms with E-state index in [2.05, 4.69) is 15.1 Å². The summed E-state index contributed by atoms with van der Waals surface area (Å²) in [5, 5.41) is 4.82. The number of primary amides is 1. The molecule has 8 rings (SSSR count). The fourth-order valence-corrected chi connectivity index (χ4v) is 9.71. The first kappa shape index (κ1) is 29.1. The SMILES string of the molecule is CCS(=O)(=O)N1CCN(c2ccc(N3CCN(OC(=O)NC4[C@@H]5CC6C[C@H]4CC(C(N)=O)(C6)C5)c4ccccc43)nc2)CC1. The molecule has 1 saturated heterocycles. The van der Waals surface area contributed by atoms with Gasteiger partial charge in [0.15, 0.2) is 0 Å². The van der Waals surface area contributed by atoms with Crippen LogP contribution in [-0.2, 0) is 19.7 Å². The maximum absolute atomic E-state index is 13.2. The average Bonchev–Trinajstić information content (AvgIpc) is 3.03. The largest absolute Gasteiger partial charge is 0.431 e. The quantitative estimate of drug-likeness (QED) is 0.476. The summed E-state index contributed by atoms with van der Waals surface area (Å²) < 4.78 is 26.0. The molecular weight excluding hydrogens is 582 g/mol. The van der Waals surface area contributed by atoms with Crippen molar-refractivity contribution >= 4 is 44.9 Å². The Balaban J connectivity index is 0.998. The number of para-hydroxylation sites is 2. The fourth-order valence-electron chi connectivity index (χ4n) is 8.62. The number of rotatable bonds is 7. The second kappa shape index (κ2) is 11.1. The van der Waals surface area contributed by atoms with Crippen molar-refractivity contribution in [3.05, 3.63) is 42.6 Å². The van der Waals surface area contributed by atoms with Gasteiger partial charge in [-0.2, -0.15) is 4.31 Å². The molecule has 6 aliphatic rings. The molecule has 4 bridgehead atoms. The lowest BCUT2D eigenvalue weighted by Gasteiger charge is -2.58. The van der Waals surface area contributed by atoms with E-state index in [1.807, 2.05) is 42.6 Å². The van der Waals surface area contributed by atoms with Gasteiger partial charge in [-0.3, -0.25) is 4.79 Å². The Hall–Kier alpha value is -3.58. The number of anilines is 4. The molecule has 3 unspecified atom stereocenters. The third-order valence-corrected chi connectivity index (χ3v) is 12.5. The first-order valence-electron chi connectivity index (χ1n) is 15.8. The van der Waals surface area contributed by atoms with Crippen molar-refractivity contribution < 1.29 is 22.8 Å². The number of hydroxylamine groups is 1. The highest BCUT2D eigenvalue weighted by Gasteiger charge is 2.58. The number of pyridine rings is 1. The van der Waals surface area contributed by atoms with E-state index in [0.29, 0.717) is 45.2 Å². The van der Waals surface area contributed by atoms with Crippen LogP contribution in [0.3, 0.4) is 0 Å². The van der Waals surface area contributed by atoms with E-state index in [4.69, 9.17) is 15.6 Å². The predicted octanol–water partition coefficient (Wildman–Crippen LogP) is 2.83. The van der Waals surface area contributed by atoms with Crippen molar-refractivity contribution in [1.29, 1.82) is 0 Å². The standard InChI is InChI=1S/C31H41N7O5S/c1-2-44(41,42)36-11-9-35(10-12-36)24-7-8-27(33-20-24)37-13-14-38(26-6-4-3-5-25(26)37)43-30(40)34-28-22-15-21-16-23(28)19-31(17-21,18-22)29(32)39/h3-8,20-23,28H,2,9-19H2,1H3,(H2,32,39)(H,34,40)/t21?,22-,23+,28?,31?. The minimum atomic E-state index is -3.18. The van der Waals surface area contributed by atoms with E-state index in [0.717, 1.165) is 55.0 Å². The van der Waals surface area contributed by atoms with Crippen molar-refractivity contribution in [2.75, 3.05) is 59.9 Å². The molecule has 12 nitrogen and oxygen atoms in total. The highest BCUT2D eigenvalue weighted by Crippen LogP contribution is 2.60. The normalized spacial score (nSPS) is 29.8. The van der Waals surface area contributed by atoms with Gasteiger partial charge in [0.25, 0.3) is 0 Å². The summed E-state index contributed by atoms with van der Waals surface area (Å²) in [7, 11) is -3.18. The monoisotopic (exact) mass is 623 g/mol. The van der Waals surface area contributed by atoms with E-state index >= 15 is 0 Å². The topological polar surface area (TPSA) is 141 Å². The van der Waals surface area contributed by atoms with Crippen LogP contribution in [0.5, 0.6) is 0 Å². The third kappa shape index (κ3) is 5.13. The maximum atomic E-state index is 13.2. The number of sulfonamides is 1. The zero-order chi connectivity index (χ0) is 30.6. The molecule has 44 heavy (non-hydrogen) atoms.